The fourth-order valence-corrected chi connectivity index (χ4v) is 3.40. The Morgan fingerprint density at radius 2 is 1.45 bits per heavy atom. The molecule has 0 saturated heterocycles. The number of carbonyl (C=O) groups is 2. The fraction of sp³-hybridized carbons (Fsp3) is 0.185. The van der Waals surface area contributed by atoms with Crippen molar-refractivity contribution >= 4 is 23.5 Å². The van der Waals surface area contributed by atoms with Crippen LogP contribution in [0, 0.1) is 0 Å². The summed E-state index contributed by atoms with van der Waals surface area (Å²) in [6.45, 7) is 5.53. The third-order valence-electron chi connectivity index (χ3n) is 4.95. The molecule has 158 valence electrons. The first kappa shape index (κ1) is 22.0. The van der Waals surface area contributed by atoms with E-state index in [1.807, 2.05) is 48.5 Å². The minimum absolute atomic E-state index is 0.0243. The SMILES string of the molecule is CCOC(=O)C(=Cc1ccccc1N(CC)Cc1ccccc1)C(=O)c1ccccc1. The van der Waals surface area contributed by atoms with E-state index >= 15 is 0 Å². The number of carbonyl (C=O) groups excluding carboxylic acids is 2. The summed E-state index contributed by atoms with van der Waals surface area (Å²) in [4.78, 5) is 28.0. The summed E-state index contributed by atoms with van der Waals surface area (Å²) < 4.78 is 5.20. The molecule has 0 N–H and O–H groups in total. The third-order valence-corrected chi connectivity index (χ3v) is 4.95. The van der Waals surface area contributed by atoms with Crippen molar-refractivity contribution in [1.29, 1.82) is 0 Å². The molecule has 0 fully saturated rings. The molecule has 0 bridgehead atoms. The first-order valence-electron chi connectivity index (χ1n) is 10.5. The van der Waals surface area contributed by atoms with Crippen molar-refractivity contribution in [1.82, 2.24) is 0 Å². The largest absolute Gasteiger partial charge is 0.462 e. The Morgan fingerprint density at radius 3 is 2.10 bits per heavy atom. The van der Waals surface area contributed by atoms with Crippen LogP contribution in [0.1, 0.15) is 35.3 Å². The van der Waals surface area contributed by atoms with Crippen LogP contribution in [0.5, 0.6) is 0 Å². The molecule has 3 aromatic rings. The molecule has 0 aliphatic rings. The molecule has 4 heteroatoms. The maximum atomic E-state index is 13.1. The van der Waals surface area contributed by atoms with Crippen LogP contribution in [-0.2, 0) is 16.1 Å². The lowest BCUT2D eigenvalue weighted by atomic mass is 10.00. The molecule has 0 unspecified atom stereocenters. The van der Waals surface area contributed by atoms with Crippen LogP contribution in [0.15, 0.2) is 90.5 Å². The van der Waals surface area contributed by atoms with E-state index in [0.29, 0.717) is 5.56 Å². The molecular formula is C27H27NO3. The number of anilines is 1. The van der Waals surface area contributed by atoms with E-state index in [-0.39, 0.29) is 18.0 Å². The van der Waals surface area contributed by atoms with Gasteiger partial charge in [-0.2, -0.15) is 0 Å². The summed E-state index contributed by atoms with van der Waals surface area (Å²) in [5.74, 6) is -0.961. The van der Waals surface area contributed by atoms with E-state index < -0.39 is 5.97 Å². The Labute approximate surface area is 183 Å². The zero-order valence-electron chi connectivity index (χ0n) is 18.0. The van der Waals surface area contributed by atoms with Gasteiger partial charge in [-0.05, 0) is 37.1 Å². The lowest BCUT2D eigenvalue weighted by Crippen LogP contribution is -2.23. The normalized spacial score (nSPS) is 11.1. The highest BCUT2D eigenvalue weighted by Crippen LogP contribution is 2.26. The number of para-hydroxylation sites is 1. The van der Waals surface area contributed by atoms with Gasteiger partial charge in [-0.3, -0.25) is 4.79 Å². The standard InChI is InChI=1S/C27H27NO3/c1-3-28(20-21-13-7-5-8-14-21)25-18-12-11-17-23(25)19-24(27(30)31-4-2)26(29)22-15-9-6-10-16-22/h5-19H,3-4,20H2,1-2H3. The van der Waals surface area contributed by atoms with Gasteiger partial charge in [-0.25, -0.2) is 4.79 Å². The van der Waals surface area contributed by atoms with Gasteiger partial charge in [0.2, 0.25) is 0 Å². The van der Waals surface area contributed by atoms with E-state index in [1.54, 1.807) is 37.3 Å². The Kier molecular flexibility index (Phi) is 7.77. The Morgan fingerprint density at radius 1 is 0.839 bits per heavy atom. The zero-order valence-corrected chi connectivity index (χ0v) is 18.0. The molecular weight excluding hydrogens is 386 g/mol. The fourth-order valence-electron chi connectivity index (χ4n) is 3.40. The van der Waals surface area contributed by atoms with Gasteiger partial charge in [0.15, 0.2) is 5.78 Å². The van der Waals surface area contributed by atoms with Gasteiger partial charge in [0.25, 0.3) is 0 Å². The molecule has 0 spiro atoms. The van der Waals surface area contributed by atoms with Crippen molar-refractivity contribution in [2.45, 2.75) is 20.4 Å². The molecule has 31 heavy (non-hydrogen) atoms. The third kappa shape index (κ3) is 5.70. The van der Waals surface area contributed by atoms with Crippen LogP contribution in [0.25, 0.3) is 6.08 Å². The van der Waals surface area contributed by atoms with E-state index in [0.717, 1.165) is 24.3 Å². The highest BCUT2D eigenvalue weighted by Gasteiger charge is 2.22. The summed E-state index contributed by atoms with van der Waals surface area (Å²) >= 11 is 0. The van der Waals surface area contributed by atoms with Gasteiger partial charge in [0, 0.05) is 24.3 Å². The van der Waals surface area contributed by atoms with Gasteiger partial charge < -0.3 is 9.64 Å². The monoisotopic (exact) mass is 413 g/mol. The first-order chi connectivity index (χ1) is 15.1. The molecule has 0 amide bonds. The van der Waals surface area contributed by atoms with Crippen LogP contribution < -0.4 is 4.90 Å². The number of esters is 1. The van der Waals surface area contributed by atoms with Crippen LogP contribution >= 0.6 is 0 Å². The number of ketones is 1. The second kappa shape index (κ2) is 10.9. The second-order valence-electron chi connectivity index (χ2n) is 7.03. The molecule has 0 saturated carbocycles. The topological polar surface area (TPSA) is 46.6 Å². The molecule has 0 atom stereocenters. The molecule has 0 aliphatic heterocycles. The van der Waals surface area contributed by atoms with Crippen molar-refractivity contribution < 1.29 is 14.3 Å². The van der Waals surface area contributed by atoms with Gasteiger partial charge in [-0.15, -0.1) is 0 Å². The summed E-state index contributed by atoms with van der Waals surface area (Å²) in [6, 6.07) is 26.8. The van der Waals surface area contributed by atoms with Crippen molar-refractivity contribution in [3.63, 3.8) is 0 Å². The maximum Gasteiger partial charge on any atom is 0.342 e. The van der Waals surface area contributed by atoms with Crippen molar-refractivity contribution in [3.05, 3.63) is 107 Å². The number of rotatable bonds is 9. The van der Waals surface area contributed by atoms with Crippen LogP contribution in [0.4, 0.5) is 5.69 Å². The summed E-state index contributed by atoms with van der Waals surface area (Å²) in [7, 11) is 0. The predicted molar refractivity (Wildman–Crippen MR) is 125 cm³/mol. The highest BCUT2D eigenvalue weighted by molar-refractivity contribution is 6.27. The first-order valence-corrected chi connectivity index (χ1v) is 10.5. The quantitative estimate of drug-likeness (QED) is 0.152. The Bertz CT molecular complexity index is 1040. The van der Waals surface area contributed by atoms with Crippen LogP contribution in [0.3, 0.4) is 0 Å². The van der Waals surface area contributed by atoms with Crippen molar-refractivity contribution in [3.8, 4) is 0 Å². The molecule has 3 aromatic carbocycles. The van der Waals surface area contributed by atoms with Gasteiger partial charge in [0.1, 0.15) is 5.57 Å². The maximum absolute atomic E-state index is 13.1. The van der Waals surface area contributed by atoms with E-state index in [9.17, 15) is 9.59 Å². The molecule has 0 heterocycles. The molecule has 0 radical (unpaired) electrons. The van der Waals surface area contributed by atoms with Gasteiger partial charge in [-0.1, -0.05) is 78.9 Å². The summed E-state index contributed by atoms with van der Waals surface area (Å²) in [5.41, 5.74) is 3.42. The number of benzene rings is 3. The molecule has 3 rings (SSSR count). The number of ether oxygens (including phenoxy) is 1. The van der Waals surface area contributed by atoms with Crippen LogP contribution in [-0.4, -0.2) is 24.9 Å². The number of hydrogen-bond donors (Lipinski definition) is 0. The average molecular weight is 414 g/mol. The van der Waals surface area contributed by atoms with Gasteiger partial charge >= 0.3 is 5.97 Å². The van der Waals surface area contributed by atoms with E-state index in [4.69, 9.17) is 4.74 Å². The number of nitrogens with zero attached hydrogens (tertiary/aromatic N) is 1. The van der Waals surface area contributed by atoms with Crippen molar-refractivity contribution in [2.24, 2.45) is 0 Å². The van der Waals surface area contributed by atoms with Crippen LogP contribution in [0.2, 0.25) is 0 Å². The van der Waals surface area contributed by atoms with Crippen molar-refractivity contribution in [2.75, 3.05) is 18.1 Å². The van der Waals surface area contributed by atoms with Gasteiger partial charge in [0.05, 0.1) is 6.61 Å². The Balaban J connectivity index is 2.02. The average Bonchev–Trinajstić information content (AvgIpc) is 2.82. The van der Waals surface area contributed by atoms with E-state index in [1.165, 1.54) is 5.56 Å². The summed E-state index contributed by atoms with van der Waals surface area (Å²) in [5, 5.41) is 0. The number of Topliss-reactive ketones (excluding diaryl/α,β-unsaturated/α-hetero) is 1. The zero-order chi connectivity index (χ0) is 22.1. The number of hydrogen-bond acceptors (Lipinski definition) is 4. The second-order valence-corrected chi connectivity index (χ2v) is 7.03. The minimum Gasteiger partial charge on any atom is -0.462 e. The molecule has 0 aromatic heterocycles. The predicted octanol–water partition coefficient (Wildman–Crippen LogP) is 5.54. The lowest BCUT2D eigenvalue weighted by Gasteiger charge is -2.25. The Hall–Kier alpha value is -3.66. The van der Waals surface area contributed by atoms with E-state index in [2.05, 4.69) is 24.0 Å². The molecule has 4 nitrogen and oxygen atoms in total. The lowest BCUT2D eigenvalue weighted by molar-refractivity contribution is -0.137. The minimum atomic E-state index is -0.614. The molecule has 0 aliphatic carbocycles. The smallest absolute Gasteiger partial charge is 0.342 e. The highest BCUT2D eigenvalue weighted by atomic mass is 16.5. The summed E-state index contributed by atoms with van der Waals surface area (Å²) in [6.07, 6.45) is 1.65.